The average Bonchev–Trinajstić information content (AvgIpc) is 2.75. The Balaban J connectivity index is 2.10. The average molecular weight is 284 g/mol. The van der Waals surface area contributed by atoms with Crippen LogP contribution in [-0.4, -0.2) is 27.9 Å². The Labute approximate surface area is 105 Å². The Hall–Kier alpha value is -0.640. The second kappa shape index (κ2) is 5.62. The number of aromatic nitrogens is 2. The molecule has 0 saturated carbocycles. The monoisotopic (exact) mass is 283 g/mol. The highest BCUT2D eigenvalue weighted by atomic mass is 79.9. The number of nitrogens with zero attached hydrogens (tertiary/aromatic N) is 3. The van der Waals surface area contributed by atoms with E-state index in [0.29, 0.717) is 6.04 Å². The normalized spacial score (nSPS) is 20.4. The molecule has 0 bridgehead atoms. The van der Waals surface area contributed by atoms with E-state index >= 15 is 0 Å². The van der Waals surface area contributed by atoms with E-state index in [1.165, 1.54) is 25.7 Å². The summed E-state index contributed by atoms with van der Waals surface area (Å²) in [6.45, 7) is 3.18. The van der Waals surface area contributed by atoms with Crippen molar-refractivity contribution >= 4 is 21.7 Å². The summed E-state index contributed by atoms with van der Waals surface area (Å²) in [5.41, 5.74) is 1.05. The first kappa shape index (κ1) is 11.8. The van der Waals surface area contributed by atoms with Gasteiger partial charge in [-0.15, -0.1) is 0 Å². The lowest BCUT2D eigenvalue weighted by atomic mass is 10.1. The highest BCUT2D eigenvalue weighted by molar-refractivity contribution is 9.09. The molecule has 1 atom stereocenters. The highest BCUT2D eigenvalue weighted by Crippen LogP contribution is 2.27. The third-order valence-corrected chi connectivity index (χ3v) is 3.74. The third-order valence-electron chi connectivity index (χ3n) is 3.18. The molecule has 1 aromatic rings. The van der Waals surface area contributed by atoms with Gasteiger partial charge in [-0.25, -0.2) is 4.98 Å². The van der Waals surface area contributed by atoms with Crippen LogP contribution in [0.15, 0.2) is 12.4 Å². The molecule has 0 radical (unpaired) electrons. The molecule has 0 spiro atoms. The van der Waals surface area contributed by atoms with Crippen LogP contribution in [0.1, 0.15) is 31.4 Å². The van der Waals surface area contributed by atoms with Crippen LogP contribution in [0.5, 0.6) is 0 Å². The van der Waals surface area contributed by atoms with Crippen LogP contribution in [0, 0.1) is 6.92 Å². The van der Waals surface area contributed by atoms with Crippen molar-refractivity contribution in [2.45, 2.75) is 38.6 Å². The van der Waals surface area contributed by atoms with Gasteiger partial charge in [0, 0.05) is 30.3 Å². The van der Waals surface area contributed by atoms with Gasteiger partial charge in [0.15, 0.2) is 0 Å². The standard InChI is InChI=1S/C12H18BrN3/c1-10-12(15-8-7-14-10)16-9-3-5-11(16)4-2-6-13/h7-8,11H,2-6,9H2,1H3. The molecule has 1 fully saturated rings. The molecule has 16 heavy (non-hydrogen) atoms. The van der Waals surface area contributed by atoms with Crippen molar-refractivity contribution in [1.29, 1.82) is 0 Å². The first-order valence-corrected chi connectivity index (χ1v) is 7.05. The minimum Gasteiger partial charge on any atom is -0.352 e. The van der Waals surface area contributed by atoms with E-state index in [2.05, 4.69) is 30.8 Å². The molecular weight excluding hydrogens is 266 g/mol. The molecular formula is C12H18BrN3. The van der Waals surface area contributed by atoms with Gasteiger partial charge in [0.2, 0.25) is 0 Å². The number of aryl methyl sites for hydroxylation is 1. The predicted octanol–water partition coefficient (Wildman–Crippen LogP) is 2.93. The van der Waals surface area contributed by atoms with Crippen molar-refractivity contribution in [2.24, 2.45) is 0 Å². The number of rotatable bonds is 4. The van der Waals surface area contributed by atoms with Crippen molar-refractivity contribution < 1.29 is 0 Å². The van der Waals surface area contributed by atoms with E-state index in [9.17, 15) is 0 Å². The Morgan fingerprint density at radius 1 is 1.44 bits per heavy atom. The second-order valence-corrected chi connectivity index (χ2v) is 5.08. The molecule has 1 aliphatic heterocycles. The van der Waals surface area contributed by atoms with Gasteiger partial charge < -0.3 is 4.90 Å². The summed E-state index contributed by atoms with van der Waals surface area (Å²) >= 11 is 3.50. The minimum atomic E-state index is 0.660. The lowest BCUT2D eigenvalue weighted by Crippen LogP contribution is -2.30. The number of anilines is 1. The van der Waals surface area contributed by atoms with Crippen LogP contribution in [0.3, 0.4) is 0 Å². The molecule has 0 aliphatic carbocycles. The fraction of sp³-hybridized carbons (Fsp3) is 0.667. The van der Waals surface area contributed by atoms with E-state index in [1.807, 2.05) is 6.92 Å². The quantitative estimate of drug-likeness (QED) is 0.796. The summed E-state index contributed by atoms with van der Waals surface area (Å²) in [6.07, 6.45) is 8.62. The highest BCUT2D eigenvalue weighted by Gasteiger charge is 2.26. The summed E-state index contributed by atoms with van der Waals surface area (Å²) in [7, 11) is 0. The van der Waals surface area contributed by atoms with Gasteiger partial charge in [-0.05, 0) is 32.6 Å². The van der Waals surface area contributed by atoms with Crippen LogP contribution in [-0.2, 0) is 0 Å². The van der Waals surface area contributed by atoms with Crippen LogP contribution < -0.4 is 4.90 Å². The van der Waals surface area contributed by atoms with E-state index in [-0.39, 0.29) is 0 Å². The molecule has 4 heteroatoms. The lowest BCUT2D eigenvalue weighted by molar-refractivity contribution is 0.598. The van der Waals surface area contributed by atoms with Gasteiger partial charge in [0.05, 0.1) is 5.69 Å². The third kappa shape index (κ3) is 2.54. The zero-order valence-electron chi connectivity index (χ0n) is 9.69. The minimum absolute atomic E-state index is 0.660. The van der Waals surface area contributed by atoms with Gasteiger partial charge in [-0.2, -0.15) is 0 Å². The van der Waals surface area contributed by atoms with Crippen molar-refractivity contribution in [1.82, 2.24) is 9.97 Å². The largest absolute Gasteiger partial charge is 0.352 e. The predicted molar refractivity (Wildman–Crippen MR) is 70.2 cm³/mol. The van der Waals surface area contributed by atoms with Gasteiger partial charge in [-0.3, -0.25) is 4.98 Å². The van der Waals surface area contributed by atoms with Gasteiger partial charge in [0.1, 0.15) is 5.82 Å². The zero-order valence-corrected chi connectivity index (χ0v) is 11.3. The maximum Gasteiger partial charge on any atom is 0.150 e. The molecule has 1 saturated heterocycles. The fourth-order valence-electron chi connectivity index (χ4n) is 2.41. The van der Waals surface area contributed by atoms with Crippen molar-refractivity contribution in [3.05, 3.63) is 18.1 Å². The first-order chi connectivity index (χ1) is 7.83. The maximum atomic E-state index is 4.47. The Bertz CT molecular complexity index is 343. The van der Waals surface area contributed by atoms with E-state index in [1.54, 1.807) is 12.4 Å². The van der Waals surface area contributed by atoms with Gasteiger partial charge in [0.25, 0.3) is 0 Å². The smallest absolute Gasteiger partial charge is 0.150 e. The Morgan fingerprint density at radius 2 is 2.25 bits per heavy atom. The molecule has 0 aromatic carbocycles. The maximum absolute atomic E-state index is 4.47. The fourth-order valence-corrected chi connectivity index (χ4v) is 2.73. The molecule has 88 valence electrons. The number of alkyl halides is 1. The summed E-state index contributed by atoms with van der Waals surface area (Å²) in [5, 5.41) is 1.09. The Kier molecular flexibility index (Phi) is 4.16. The van der Waals surface area contributed by atoms with E-state index in [0.717, 1.165) is 23.4 Å². The Morgan fingerprint density at radius 3 is 3.00 bits per heavy atom. The summed E-state index contributed by atoms with van der Waals surface area (Å²) < 4.78 is 0. The molecule has 1 aliphatic rings. The summed E-state index contributed by atoms with van der Waals surface area (Å²) in [4.78, 5) is 11.2. The zero-order chi connectivity index (χ0) is 11.4. The lowest BCUT2D eigenvalue weighted by Gasteiger charge is -2.26. The summed E-state index contributed by atoms with van der Waals surface area (Å²) in [6, 6.07) is 0.660. The first-order valence-electron chi connectivity index (χ1n) is 5.93. The van der Waals surface area contributed by atoms with Crippen molar-refractivity contribution in [3.8, 4) is 0 Å². The summed E-state index contributed by atoms with van der Waals surface area (Å²) in [5.74, 6) is 1.08. The van der Waals surface area contributed by atoms with Crippen LogP contribution >= 0.6 is 15.9 Å². The van der Waals surface area contributed by atoms with Gasteiger partial charge >= 0.3 is 0 Å². The van der Waals surface area contributed by atoms with E-state index < -0.39 is 0 Å². The van der Waals surface area contributed by atoms with Gasteiger partial charge in [-0.1, -0.05) is 15.9 Å². The van der Waals surface area contributed by atoms with Crippen LogP contribution in [0.2, 0.25) is 0 Å². The van der Waals surface area contributed by atoms with Crippen molar-refractivity contribution in [2.75, 3.05) is 16.8 Å². The van der Waals surface area contributed by atoms with E-state index in [4.69, 9.17) is 0 Å². The second-order valence-electron chi connectivity index (χ2n) is 4.29. The molecule has 1 unspecified atom stereocenters. The molecule has 0 N–H and O–H groups in total. The number of hydrogen-bond donors (Lipinski definition) is 0. The van der Waals surface area contributed by atoms with Crippen LogP contribution in [0.4, 0.5) is 5.82 Å². The van der Waals surface area contributed by atoms with Crippen LogP contribution in [0.25, 0.3) is 0 Å². The topological polar surface area (TPSA) is 29.0 Å². The molecule has 1 aromatic heterocycles. The SMILES string of the molecule is Cc1nccnc1N1CCCC1CCCBr. The van der Waals surface area contributed by atoms with Crippen molar-refractivity contribution in [3.63, 3.8) is 0 Å². The number of halogens is 1. The molecule has 3 nitrogen and oxygen atoms in total. The molecule has 2 rings (SSSR count). The molecule has 0 amide bonds. The molecule has 2 heterocycles. The number of hydrogen-bond acceptors (Lipinski definition) is 3.